The van der Waals surface area contributed by atoms with Gasteiger partial charge in [-0.3, -0.25) is 0 Å². The van der Waals surface area contributed by atoms with Gasteiger partial charge in [0.2, 0.25) is 0 Å². The molecule has 0 radical (unpaired) electrons. The van der Waals surface area contributed by atoms with Gasteiger partial charge in [-0.1, -0.05) is 33.1 Å². The highest BCUT2D eigenvalue weighted by Gasteiger charge is 2.07. The number of ether oxygens (including phenoxy) is 1. The minimum absolute atomic E-state index is 0.362. The van der Waals surface area contributed by atoms with Crippen molar-refractivity contribution < 1.29 is 4.74 Å². The second-order valence-electron chi connectivity index (χ2n) is 3.11. The van der Waals surface area contributed by atoms with Crippen LogP contribution in [0.15, 0.2) is 0 Å². The lowest BCUT2D eigenvalue weighted by Crippen LogP contribution is -2.20. The molecular weight excluding hydrogens is 182 g/mol. The molecule has 1 atom stereocenters. The number of hydrogen-bond acceptors (Lipinski definition) is 3. The first-order valence-corrected chi connectivity index (χ1v) is 6.40. The Morgan fingerprint density at radius 2 is 2.08 bits per heavy atom. The molecule has 0 aliphatic carbocycles. The third kappa shape index (κ3) is 8.60. The molecule has 0 bridgehead atoms. The summed E-state index contributed by atoms with van der Waals surface area (Å²) in [5, 5.41) is 0. The van der Waals surface area contributed by atoms with Gasteiger partial charge in [0, 0.05) is 5.75 Å². The molecule has 0 aliphatic heterocycles. The van der Waals surface area contributed by atoms with E-state index >= 15 is 0 Å². The van der Waals surface area contributed by atoms with E-state index in [-0.39, 0.29) is 0 Å². The summed E-state index contributed by atoms with van der Waals surface area (Å²) in [4.78, 5) is 0. The monoisotopic (exact) mass is 205 g/mol. The minimum Gasteiger partial charge on any atom is -0.362 e. The first-order chi connectivity index (χ1) is 6.35. The van der Waals surface area contributed by atoms with E-state index in [9.17, 15) is 0 Å². The van der Waals surface area contributed by atoms with Crippen molar-refractivity contribution in [1.82, 2.24) is 0 Å². The van der Waals surface area contributed by atoms with Crippen LogP contribution in [0.3, 0.4) is 0 Å². The molecule has 0 amide bonds. The molecule has 0 aliphatic rings. The molecule has 13 heavy (non-hydrogen) atoms. The van der Waals surface area contributed by atoms with Crippen LogP contribution in [0, 0.1) is 0 Å². The van der Waals surface area contributed by atoms with Crippen LogP contribution in [0.2, 0.25) is 0 Å². The van der Waals surface area contributed by atoms with Crippen molar-refractivity contribution in [2.75, 3.05) is 18.2 Å². The smallest absolute Gasteiger partial charge is 0.0944 e. The predicted molar refractivity (Wildman–Crippen MR) is 61.1 cm³/mol. The molecule has 0 fully saturated rings. The quantitative estimate of drug-likeness (QED) is 0.464. The highest BCUT2D eigenvalue weighted by molar-refractivity contribution is 7.99. The van der Waals surface area contributed by atoms with Gasteiger partial charge in [-0.25, -0.2) is 0 Å². The first-order valence-electron chi connectivity index (χ1n) is 5.24. The SMILES string of the molecule is CCCCCC(CSCC)OCN. The average molecular weight is 205 g/mol. The maximum Gasteiger partial charge on any atom is 0.0944 e. The van der Waals surface area contributed by atoms with Crippen molar-refractivity contribution in [3.63, 3.8) is 0 Å². The first kappa shape index (κ1) is 13.3. The number of thioether (sulfide) groups is 1. The number of rotatable bonds is 9. The minimum atomic E-state index is 0.362. The van der Waals surface area contributed by atoms with Crippen LogP contribution in [0.1, 0.15) is 39.5 Å². The zero-order valence-corrected chi connectivity index (χ0v) is 9.74. The summed E-state index contributed by atoms with van der Waals surface area (Å²) in [7, 11) is 0. The van der Waals surface area contributed by atoms with Crippen LogP contribution < -0.4 is 5.73 Å². The van der Waals surface area contributed by atoms with E-state index in [1.54, 1.807) is 0 Å². The topological polar surface area (TPSA) is 35.2 Å². The van der Waals surface area contributed by atoms with Crippen LogP contribution >= 0.6 is 11.8 Å². The Morgan fingerprint density at radius 1 is 1.31 bits per heavy atom. The van der Waals surface area contributed by atoms with Gasteiger partial charge in [-0.2, -0.15) is 11.8 Å². The van der Waals surface area contributed by atoms with Gasteiger partial charge < -0.3 is 10.5 Å². The summed E-state index contributed by atoms with van der Waals surface area (Å²) in [6.07, 6.45) is 5.39. The normalized spacial score (nSPS) is 13.2. The molecule has 0 aromatic heterocycles. The standard InChI is InChI=1S/C10H23NOS/c1-3-5-6-7-10(12-9-11)8-13-4-2/h10H,3-9,11H2,1-2H3. The van der Waals surface area contributed by atoms with Crippen molar-refractivity contribution in [3.8, 4) is 0 Å². The summed E-state index contributed by atoms with van der Waals surface area (Å²) < 4.78 is 5.45. The zero-order chi connectivity index (χ0) is 9.94. The largest absolute Gasteiger partial charge is 0.362 e. The van der Waals surface area contributed by atoms with Crippen molar-refractivity contribution in [3.05, 3.63) is 0 Å². The molecule has 0 aromatic rings. The van der Waals surface area contributed by atoms with Gasteiger partial charge >= 0.3 is 0 Å². The second-order valence-corrected chi connectivity index (χ2v) is 4.43. The molecule has 3 heteroatoms. The molecule has 0 rings (SSSR count). The van der Waals surface area contributed by atoms with Gasteiger partial charge in [0.1, 0.15) is 0 Å². The maximum absolute atomic E-state index is 5.45. The van der Waals surface area contributed by atoms with E-state index in [0.29, 0.717) is 12.8 Å². The molecule has 0 heterocycles. The Kier molecular flexibility index (Phi) is 10.6. The highest BCUT2D eigenvalue weighted by atomic mass is 32.2. The van der Waals surface area contributed by atoms with Crippen LogP contribution in [-0.4, -0.2) is 24.3 Å². The van der Waals surface area contributed by atoms with Crippen molar-refractivity contribution in [2.24, 2.45) is 5.73 Å². The van der Waals surface area contributed by atoms with E-state index in [4.69, 9.17) is 10.5 Å². The summed E-state index contributed by atoms with van der Waals surface area (Å²) in [6, 6.07) is 0. The molecule has 1 unspecified atom stereocenters. The van der Waals surface area contributed by atoms with Gasteiger partial charge in [-0.05, 0) is 12.2 Å². The van der Waals surface area contributed by atoms with E-state index in [1.807, 2.05) is 11.8 Å². The van der Waals surface area contributed by atoms with Gasteiger partial charge in [0.05, 0.1) is 12.8 Å². The third-order valence-electron chi connectivity index (χ3n) is 1.97. The fraction of sp³-hybridized carbons (Fsp3) is 1.00. The Bertz CT molecular complexity index is 101. The van der Waals surface area contributed by atoms with Gasteiger partial charge in [0.15, 0.2) is 0 Å². The second kappa shape index (κ2) is 10.4. The van der Waals surface area contributed by atoms with E-state index in [0.717, 1.165) is 17.9 Å². The van der Waals surface area contributed by atoms with Crippen molar-refractivity contribution >= 4 is 11.8 Å². The molecule has 0 saturated carbocycles. The Morgan fingerprint density at radius 3 is 2.62 bits per heavy atom. The summed E-state index contributed by atoms with van der Waals surface area (Å²) >= 11 is 1.93. The van der Waals surface area contributed by atoms with Crippen molar-refractivity contribution in [2.45, 2.75) is 45.6 Å². The molecule has 80 valence electrons. The number of unbranched alkanes of at least 4 members (excludes halogenated alkanes) is 2. The van der Waals surface area contributed by atoms with Crippen LogP contribution in [0.25, 0.3) is 0 Å². The average Bonchev–Trinajstić information content (AvgIpc) is 2.14. The molecular formula is C10H23NOS. The maximum atomic E-state index is 5.45. The Balaban J connectivity index is 3.41. The van der Waals surface area contributed by atoms with Crippen LogP contribution in [0.5, 0.6) is 0 Å². The summed E-state index contributed by atoms with van der Waals surface area (Å²) in [6.45, 7) is 4.76. The van der Waals surface area contributed by atoms with E-state index < -0.39 is 0 Å². The predicted octanol–water partition coefficient (Wildman–Crippen LogP) is 2.62. The molecule has 0 saturated heterocycles. The fourth-order valence-corrected chi connectivity index (χ4v) is 1.98. The zero-order valence-electron chi connectivity index (χ0n) is 8.92. The molecule has 2 N–H and O–H groups in total. The van der Waals surface area contributed by atoms with Crippen LogP contribution in [-0.2, 0) is 4.74 Å². The van der Waals surface area contributed by atoms with Gasteiger partial charge in [-0.15, -0.1) is 0 Å². The molecule has 2 nitrogen and oxygen atoms in total. The van der Waals surface area contributed by atoms with E-state index in [2.05, 4.69) is 13.8 Å². The summed E-state index contributed by atoms with van der Waals surface area (Å²) in [5.41, 5.74) is 5.37. The van der Waals surface area contributed by atoms with Crippen molar-refractivity contribution in [1.29, 1.82) is 0 Å². The lowest BCUT2D eigenvalue weighted by Gasteiger charge is -2.15. The lowest BCUT2D eigenvalue weighted by atomic mass is 10.1. The molecule has 0 aromatic carbocycles. The van der Waals surface area contributed by atoms with Crippen LogP contribution in [0.4, 0.5) is 0 Å². The fourth-order valence-electron chi connectivity index (χ4n) is 1.22. The van der Waals surface area contributed by atoms with E-state index in [1.165, 1.54) is 19.3 Å². The third-order valence-corrected chi connectivity index (χ3v) is 2.99. The number of hydrogen-bond donors (Lipinski definition) is 1. The summed E-state index contributed by atoms with van der Waals surface area (Å²) in [5.74, 6) is 2.26. The Labute approximate surface area is 86.6 Å². The Hall–Kier alpha value is 0.270. The van der Waals surface area contributed by atoms with Gasteiger partial charge in [0.25, 0.3) is 0 Å². The highest BCUT2D eigenvalue weighted by Crippen LogP contribution is 2.12. The number of nitrogens with two attached hydrogens (primary N) is 1. The lowest BCUT2D eigenvalue weighted by molar-refractivity contribution is 0.0667. The molecule has 0 spiro atoms.